The van der Waals surface area contributed by atoms with Crippen LogP contribution < -0.4 is 10.6 Å². The van der Waals surface area contributed by atoms with Crippen LogP contribution in [0.5, 0.6) is 0 Å². The molecule has 3 nitrogen and oxygen atoms in total. The number of halogens is 1. The standard InChI is InChI=1S/C18H19BrN2OS/c1-12(23-14-9-7-13(19)8-10-14)18(22)21-11-3-4-15-16(20)5-2-6-17(15)21/h2,5-10,12H,3-4,11,20H2,1H3. The van der Waals surface area contributed by atoms with Gasteiger partial charge in [-0.25, -0.2) is 0 Å². The number of rotatable bonds is 3. The molecular weight excluding hydrogens is 372 g/mol. The summed E-state index contributed by atoms with van der Waals surface area (Å²) in [4.78, 5) is 15.9. The highest BCUT2D eigenvalue weighted by atomic mass is 79.9. The Balaban J connectivity index is 1.78. The second kappa shape index (κ2) is 6.97. The number of carbonyl (C=O) groups excluding carboxylic acids is 1. The van der Waals surface area contributed by atoms with Gasteiger partial charge < -0.3 is 10.6 Å². The van der Waals surface area contributed by atoms with Crippen molar-refractivity contribution in [3.63, 3.8) is 0 Å². The summed E-state index contributed by atoms with van der Waals surface area (Å²) in [5.74, 6) is 0.143. The zero-order valence-corrected chi connectivity index (χ0v) is 15.4. The number of carbonyl (C=O) groups is 1. The first-order valence-corrected chi connectivity index (χ1v) is 9.34. The first kappa shape index (κ1) is 16.4. The maximum atomic E-state index is 12.9. The SMILES string of the molecule is CC(Sc1ccc(Br)cc1)C(=O)N1CCCc2c(N)cccc21. The van der Waals surface area contributed by atoms with Gasteiger partial charge in [-0.05, 0) is 61.7 Å². The quantitative estimate of drug-likeness (QED) is 0.620. The first-order valence-electron chi connectivity index (χ1n) is 7.67. The summed E-state index contributed by atoms with van der Waals surface area (Å²) in [5.41, 5.74) is 8.94. The minimum Gasteiger partial charge on any atom is -0.398 e. The van der Waals surface area contributed by atoms with Crippen LogP contribution in [0.3, 0.4) is 0 Å². The second-order valence-electron chi connectivity index (χ2n) is 5.65. The summed E-state index contributed by atoms with van der Waals surface area (Å²) < 4.78 is 1.04. The Morgan fingerprint density at radius 3 is 2.74 bits per heavy atom. The van der Waals surface area contributed by atoms with E-state index in [1.165, 1.54) is 0 Å². The molecule has 0 spiro atoms. The van der Waals surface area contributed by atoms with Gasteiger partial charge >= 0.3 is 0 Å². The molecule has 0 fully saturated rings. The summed E-state index contributed by atoms with van der Waals surface area (Å²) in [6, 6.07) is 13.9. The zero-order chi connectivity index (χ0) is 16.4. The Hall–Kier alpha value is -1.46. The molecule has 1 heterocycles. The van der Waals surface area contributed by atoms with Crippen LogP contribution in [-0.4, -0.2) is 17.7 Å². The Bertz CT molecular complexity index is 717. The van der Waals surface area contributed by atoms with E-state index in [2.05, 4.69) is 15.9 Å². The van der Waals surface area contributed by atoms with Gasteiger partial charge in [0.15, 0.2) is 0 Å². The highest BCUT2D eigenvalue weighted by Gasteiger charge is 2.27. The average Bonchev–Trinajstić information content (AvgIpc) is 2.56. The summed E-state index contributed by atoms with van der Waals surface area (Å²) in [7, 11) is 0. The Morgan fingerprint density at radius 1 is 1.26 bits per heavy atom. The minimum atomic E-state index is -0.136. The number of hydrogen-bond donors (Lipinski definition) is 1. The molecule has 1 atom stereocenters. The van der Waals surface area contributed by atoms with Crippen LogP contribution >= 0.6 is 27.7 Å². The fourth-order valence-electron chi connectivity index (χ4n) is 2.87. The Morgan fingerprint density at radius 2 is 2.00 bits per heavy atom. The van der Waals surface area contributed by atoms with Gasteiger partial charge in [0.25, 0.3) is 0 Å². The predicted molar refractivity (Wildman–Crippen MR) is 101 cm³/mol. The van der Waals surface area contributed by atoms with E-state index in [4.69, 9.17) is 5.73 Å². The monoisotopic (exact) mass is 390 g/mol. The number of fused-ring (bicyclic) bond motifs is 1. The molecule has 2 aromatic rings. The molecule has 2 N–H and O–H groups in total. The van der Waals surface area contributed by atoms with Crippen molar-refractivity contribution in [2.75, 3.05) is 17.2 Å². The molecule has 0 aromatic heterocycles. The van der Waals surface area contributed by atoms with E-state index in [-0.39, 0.29) is 11.2 Å². The van der Waals surface area contributed by atoms with Crippen LogP contribution in [0.15, 0.2) is 51.8 Å². The molecule has 0 saturated heterocycles. The third-order valence-electron chi connectivity index (χ3n) is 4.03. The second-order valence-corrected chi connectivity index (χ2v) is 7.98. The lowest BCUT2D eigenvalue weighted by atomic mass is 9.99. The molecule has 5 heteroatoms. The molecule has 23 heavy (non-hydrogen) atoms. The number of nitrogen functional groups attached to an aromatic ring is 1. The van der Waals surface area contributed by atoms with E-state index < -0.39 is 0 Å². The van der Waals surface area contributed by atoms with Crippen molar-refractivity contribution in [3.8, 4) is 0 Å². The zero-order valence-electron chi connectivity index (χ0n) is 13.0. The normalized spacial score (nSPS) is 15.1. The molecule has 0 radical (unpaired) electrons. The molecule has 3 rings (SSSR count). The van der Waals surface area contributed by atoms with Crippen molar-refractivity contribution in [2.45, 2.75) is 29.9 Å². The average molecular weight is 391 g/mol. The van der Waals surface area contributed by atoms with Crippen molar-refractivity contribution < 1.29 is 4.79 Å². The third-order valence-corrected chi connectivity index (χ3v) is 5.66. The lowest BCUT2D eigenvalue weighted by Gasteiger charge is -2.32. The molecule has 2 aromatic carbocycles. The van der Waals surface area contributed by atoms with Gasteiger partial charge in [-0.15, -0.1) is 11.8 Å². The summed E-state index contributed by atoms with van der Waals surface area (Å²) in [6.45, 7) is 2.73. The number of amides is 1. The van der Waals surface area contributed by atoms with E-state index in [1.54, 1.807) is 11.8 Å². The number of thioether (sulfide) groups is 1. The van der Waals surface area contributed by atoms with Crippen molar-refractivity contribution in [2.24, 2.45) is 0 Å². The predicted octanol–water partition coefficient (Wildman–Crippen LogP) is 4.49. The summed E-state index contributed by atoms with van der Waals surface area (Å²) in [6.07, 6.45) is 1.91. The number of benzene rings is 2. The maximum absolute atomic E-state index is 12.9. The van der Waals surface area contributed by atoms with Crippen molar-refractivity contribution in [3.05, 3.63) is 52.5 Å². The number of nitrogens with zero attached hydrogens (tertiary/aromatic N) is 1. The molecule has 0 bridgehead atoms. The van der Waals surface area contributed by atoms with Gasteiger partial charge in [0.2, 0.25) is 5.91 Å². The number of anilines is 2. The van der Waals surface area contributed by atoms with Gasteiger partial charge in [0.05, 0.1) is 5.25 Å². The topological polar surface area (TPSA) is 46.3 Å². The molecule has 120 valence electrons. The molecule has 0 aliphatic carbocycles. The van der Waals surface area contributed by atoms with Crippen molar-refractivity contribution in [1.29, 1.82) is 0 Å². The van der Waals surface area contributed by atoms with Gasteiger partial charge in [0, 0.05) is 27.3 Å². The van der Waals surface area contributed by atoms with Crippen LogP contribution in [0.1, 0.15) is 18.9 Å². The van der Waals surface area contributed by atoms with Crippen LogP contribution in [0, 0.1) is 0 Å². The first-order chi connectivity index (χ1) is 11.1. The minimum absolute atomic E-state index is 0.136. The van der Waals surface area contributed by atoms with Gasteiger partial charge in [-0.1, -0.05) is 22.0 Å². The Labute approximate surface area is 149 Å². The largest absolute Gasteiger partial charge is 0.398 e. The van der Waals surface area contributed by atoms with Gasteiger partial charge in [-0.3, -0.25) is 4.79 Å². The number of hydrogen-bond acceptors (Lipinski definition) is 3. The van der Waals surface area contributed by atoms with Crippen molar-refractivity contribution >= 4 is 45.0 Å². The fraction of sp³-hybridized carbons (Fsp3) is 0.278. The van der Waals surface area contributed by atoms with Crippen molar-refractivity contribution in [1.82, 2.24) is 0 Å². The molecule has 1 aliphatic rings. The smallest absolute Gasteiger partial charge is 0.240 e. The lowest BCUT2D eigenvalue weighted by molar-refractivity contribution is -0.117. The van der Waals surface area contributed by atoms with Crippen LogP contribution in [0.25, 0.3) is 0 Å². The van der Waals surface area contributed by atoms with E-state index in [1.807, 2.05) is 54.3 Å². The lowest BCUT2D eigenvalue weighted by Crippen LogP contribution is -2.40. The highest BCUT2D eigenvalue weighted by Crippen LogP contribution is 2.34. The third kappa shape index (κ3) is 3.56. The molecule has 1 amide bonds. The molecule has 0 saturated carbocycles. The number of nitrogens with two attached hydrogens (primary N) is 1. The maximum Gasteiger partial charge on any atom is 0.240 e. The van der Waals surface area contributed by atoms with Crippen LogP contribution in [-0.2, 0) is 11.2 Å². The Kier molecular flexibility index (Phi) is 4.97. The molecule has 1 unspecified atom stereocenters. The summed E-state index contributed by atoms with van der Waals surface area (Å²) >= 11 is 5.02. The van der Waals surface area contributed by atoms with E-state index in [0.717, 1.165) is 45.7 Å². The highest BCUT2D eigenvalue weighted by molar-refractivity contribution is 9.10. The fourth-order valence-corrected chi connectivity index (χ4v) is 4.06. The van der Waals surface area contributed by atoms with Crippen LogP contribution in [0.4, 0.5) is 11.4 Å². The molecule has 1 aliphatic heterocycles. The van der Waals surface area contributed by atoms with Gasteiger partial charge in [0.1, 0.15) is 0 Å². The van der Waals surface area contributed by atoms with E-state index >= 15 is 0 Å². The van der Waals surface area contributed by atoms with E-state index in [0.29, 0.717) is 0 Å². The van der Waals surface area contributed by atoms with E-state index in [9.17, 15) is 4.79 Å². The van der Waals surface area contributed by atoms with Crippen LogP contribution in [0.2, 0.25) is 0 Å². The molecular formula is C18H19BrN2OS. The van der Waals surface area contributed by atoms with Gasteiger partial charge in [-0.2, -0.15) is 0 Å². The summed E-state index contributed by atoms with van der Waals surface area (Å²) in [5, 5.41) is -0.136.